The highest BCUT2D eigenvalue weighted by molar-refractivity contribution is 9.10. The van der Waals surface area contributed by atoms with Crippen LogP contribution in [0.3, 0.4) is 0 Å². The monoisotopic (exact) mass is 469 g/mol. The molecule has 27 heavy (non-hydrogen) atoms. The highest BCUT2D eigenvalue weighted by Crippen LogP contribution is 2.20. The summed E-state index contributed by atoms with van der Waals surface area (Å²) >= 11 is 3.36. The minimum absolute atomic E-state index is 0.0938. The minimum Gasteiger partial charge on any atom is -0.741 e. The molecule has 0 saturated heterocycles. The van der Waals surface area contributed by atoms with Crippen LogP contribution in [0.5, 0.6) is 5.75 Å². The molecule has 11 heteroatoms. The zero-order valence-corrected chi connectivity index (χ0v) is 16.6. The number of rotatable bonds is 4. The Morgan fingerprint density at radius 3 is 2.19 bits per heavy atom. The Balaban J connectivity index is 0.000000387. The average Bonchev–Trinajstić information content (AvgIpc) is 2.56. The minimum atomic E-state index is -6.09. The van der Waals surface area contributed by atoms with Crippen molar-refractivity contribution in [3.63, 3.8) is 0 Å². The number of ketones is 1. The van der Waals surface area contributed by atoms with E-state index < -0.39 is 15.6 Å². The van der Waals surface area contributed by atoms with Crippen molar-refractivity contribution in [2.24, 2.45) is 7.05 Å². The third-order valence-corrected chi connectivity index (χ3v) is 4.35. The van der Waals surface area contributed by atoms with Crippen LogP contribution in [0, 0.1) is 0 Å². The molecular weight excluding hydrogens is 455 g/mol. The van der Waals surface area contributed by atoms with Gasteiger partial charge in [0.1, 0.15) is 12.8 Å². The van der Waals surface area contributed by atoms with Crippen LogP contribution in [-0.4, -0.2) is 31.4 Å². The lowest BCUT2D eigenvalue weighted by Gasteiger charge is -2.08. The largest absolute Gasteiger partial charge is 0.741 e. The second-order valence-corrected chi connectivity index (χ2v) is 7.46. The van der Waals surface area contributed by atoms with Gasteiger partial charge in [-0.1, -0.05) is 28.1 Å². The molecule has 0 N–H and O–H groups in total. The molecule has 0 aliphatic rings. The molecule has 0 aliphatic carbocycles. The number of carbonyl (C=O) groups excluding carboxylic acids is 1. The van der Waals surface area contributed by atoms with Crippen LogP contribution >= 0.6 is 15.9 Å². The van der Waals surface area contributed by atoms with Gasteiger partial charge in [0, 0.05) is 22.2 Å². The van der Waals surface area contributed by atoms with E-state index in [1.54, 1.807) is 7.11 Å². The van der Waals surface area contributed by atoms with E-state index in [4.69, 9.17) is 17.7 Å². The predicted octanol–water partition coefficient (Wildman–Crippen LogP) is 2.76. The predicted molar refractivity (Wildman–Crippen MR) is 92.1 cm³/mol. The topological polar surface area (TPSA) is 87.4 Å². The lowest BCUT2D eigenvalue weighted by molar-refractivity contribution is -0.678. The Morgan fingerprint density at radius 2 is 1.74 bits per heavy atom. The molecule has 2 rings (SSSR count). The number of nitrogens with zero attached hydrogens (tertiary/aromatic N) is 1. The van der Waals surface area contributed by atoms with E-state index in [0.29, 0.717) is 12.0 Å². The Morgan fingerprint density at radius 1 is 1.22 bits per heavy atom. The van der Waals surface area contributed by atoms with Gasteiger partial charge >= 0.3 is 5.51 Å². The quantitative estimate of drug-likeness (QED) is 0.297. The summed E-state index contributed by atoms with van der Waals surface area (Å²) < 4.78 is 67.0. The maximum Gasteiger partial charge on any atom is 0.485 e. The molecule has 1 aromatic heterocycles. The molecule has 0 amide bonds. The lowest BCUT2D eigenvalue weighted by Crippen LogP contribution is -2.34. The highest BCUT2D eigenvalue weighted by atomic mass is 79.9. The number of carbonyl (C=O) groups is 1. The summed E-state index contributed by atoms with van der Waals surface area (Å²) in [5.41, 5.74) is -4.01. The smallest absolute Gasteiger partial charge is 0.485 e. The first-order chi connectivity index (χ1) is 12.3. The SMILES string of the molecule is COc1cc[n+](C)c(CC(=O)c2ccc(Br)cc2)c1.O=S(=O)([O-])C(F)(F)F. The molecule has 0 aliphatic heterocycles. The van der Waals surface area contributed by atoms with Crippen molar-refractivity contribution >= 4 is 31.8 Å². The van der Waals surface area contributed by atoms with Crippen LogP contribution in [0.1, 0.15) is 16.1 Å². The van der Waals surface area contributed by atoms with Crippen LogP contribution in [0.2, 0.25) is 0 Å². The number of halogens is 4. The summed E-state index contributed by atoms with van der Waals surface area (Å²) in [6.07, 6.45) is 2.25. The molecule has 0 fully saturated rings. The fraction of sp³-hybridized carbons (Fsp3) is 0.250. The van der Waals surface area contributed by atoms with Crippen LogP contribution < -0.4 is 9.30 Å². The molecule has 1 aromatic carbocycles. The zero-order chi connectivity index (χ0) is 20.8. The molecule has 148 valence electrons. The number of hydrogen-bond donors (Lipinski definition) is 0. The molecule has 0 radical (unpaired) electrons. The van der Waals surface area contributed by atoms with Gasteiger partial charge in [0.15, 0.2) is 27.8 Å². The van der Waals surface area contributed by atoms with Gasteiger partial charge in [-0.3, -0.25) is 4.79 Å². The Bertz CT molecular complexity index is 899. The number of methoxy groups -OCH3 is 1. The summed E-state index contributed by atoms with van der Waals surface area (Å²) in [6.45, 7) is 0. The third-order valence-electron chi connectivity index (χ3n) is 3.25. The first-order valence-corrected chi connectivity index (χ1v) is 9.38. The van der Waals surface area contributed by atoms with Crippen LogP contribution in [0.4, 0.5) is 13.2 Å². The van der Waals surface area contributed by atoms with E-state index in [-0.39, 0.29) is 5.78 Å². The van der Waals surface area contributed by atoms with Crippen LogP contribution in [0.15, 0.2) is 47.1 Å². The Kier molecular flexibility index (Phi) is 7.93. The number of alkyl halides is 3. The van der Waals surface area contributed by atoms with E-state index >= 15 is 0 Å². The number of aromatic nitrogens is 1. The van der Waals surface area contributed by atoms with Crippen molar-refractivity contribution in [1.29, 1.82) is 0 Å². The van der Waals surface area contributed by atoms with Crippen molar-refractivity contribution in [1.82, 2.24) is 0 Å². The fourth-order valence-electron chi connectivity index (χ4n) is 1.80. The van der Waals surface area contributed by atoms with Gasteiger partial charge in [-0.25, -0.2) is 13.0 Å². The number of hydrogen-bond acceptors (Lipinski definition) is 5. The second-order valence-electron chi connectivity index (χ2n) is 5.18. The number of pyridine rings is 1. The molecule has 6 nitrogen and oxygen atoms in total. The summed E-state index contributed by atoms with van der Waals surface area (Å²) in [5.74, 6) is 0.855. The van der Waals surface area contributed by atoms with E-state index in [2.05, 4.69) is 15.9 Å². The summed E-state index contributed by atoms with van der Waals surface area (Å²) in [4.78, 5) is 12.2. The molecule has 0 unspecified atom stereocenters. The van der Waals surface area contributed by atoms with Crippen LogP contribution in [-0.2, 0) is 23.6 Å². The van der Waals surface area contributed by atoms with Crippen molar-refractivity contribution in [2.45, 2.75) is 11.9 Å². The zero-order valence-electron chi connectivity index (χ0n) is 14.2. The third kappa shape index (κ3) is 7.27. The summed E-state index contributed by atoms with van der Waals surface area (Å²) in [5, 5.41) is 0. The van der Waals surface area contributed by atoms with Gasteiger partial charge in [-0.05, 0) is 12.1 Å². The van der Waals surface area contributed by atoms with Crippen molar-refractivity contribution < 1.29 is 40.2 Å². The highest BCUT2D eigenvalue weighted by Gasteiger charge is 2.36. The van der Waals surface area contributed by atoms with Crippen molar-refractivity contribution in [2.75, 3.05) is 7.11 Å². The molecule has 0 atom stereocenters. The Hall–Kier alpha value is -1.98. The number of benzene rings is 1. The fourth-order valence-corrected chi connectivity index (χ4v) is 2.06. The standard InChI is InChI=1S/C15H15BrNO2.CHF3O3S/c1-17-8-7-14(19-2)9-13(17)10-15(18)11-3-5-12(16)6-4-11;2-1(3,4)8(5,6)7/h3-9H,10H2,1-2H3;(H,5,6,7)/q+1;/p-1. The second kappa shape index (κ2) is 9.29. The van der Waals surface area contributed by atoms with Crippen LogP contribution in [0.25, 0.3) is 0 Å². The van der Waals surface area contributed by atoms with E-state index in [1.165, 1.54) is 0 Å². The maximum atomic E-state index is 12.2. The van der Waals surface area contributed by atoms with Crippen molar-refractivity contribution in [3.8, 4) is 5.75 Å². The normalized spacial score (nSPS) is 11.4. The van der Waals surface area contributed by atoms with Gasteiger partial charge in [-0.2, -0.15) is 13.2 Å². The molecule has 2 aromatic rings. The number of Topliss-reactive ketones (excluding diaryl/α,β-unsaturated/α-hetero) is 1. The summed E-state index contributed by atoms with van der Waals surface area (Å²) in [7, 11) is -2.55. The molecule has 0 bridgehead atoms. The van der Waals surface area contributed by atoms with Gasteiger partial charge in [0.05, 0.1) is 13.5 Å². The van der Waals surface area contributed by atoms with E-state index in [9.17, 15) is 18.0 Å². The molecule has 1 heterocycles. The number of aryl methyl sites for hydroxylation is 1. The van der Waals surface area contributed by atoms with E-state index in [0.717, 1.165) is 15.9 Å². The average molecular weight is 470 g/mol. The van der Waals surface area contributed by atoms with Gasteiger partial charge < -0.3 is 9.29 Å². The van der Waals surface area contributed by atoms with Crippen molar-refractivity contribution in [3.05, 3.63) is 58.3 Å². The maximum absolute atomic E-state index is 12.2. The summed E-state index contributed by atoms with van der Waals surface area (Å²) in [6, 6.07) is 11.2. The first-order valence-electron chi connectivity index (χ1n) is 7.18. The van der Waals surface area contributed by atoms with Gasteiger partial charge in [0.2, 0.25) is 0 Å². The molecular formula is C16H15BrF3NO5S. The molecule has 0 saturated carbocycles. The number of ether oxygens (including phenoxy) is 1. The van der Waals surface area contributed by atoms with E-state index in [1.807, 2.05) is 54.2 Å². The molecule has 0 spiro atoms. The van der Waals surface area contributed by atoms with Gasteiger partial charge in [-0.15, -0.1) is 0 Å². The Labute approximate surface area is 162 Å². The lowest BCUT2D eigenvalue weighted by atomic mass is 10.1. The van der Waals surface area contributed by atoms with Gasteiger partial charge in [0.25, 0.3) is 0 Å². The first kappa shape index (κ1) is 23.1.